The average Bonchev–Trinajstić information content (AvgIpc) is 2.42. The van der Waals surface area contributed by atoms with Crippen molar-refractivity contribution in [3.05, 3.63) is 28.0 Å². The van der Waals surface area contributed by atoms with Crippen molar-refractivity contribution in [2.24, 2.45) is 5.73 Å². The molecule has 0 aromatic heterocycles. The average molecular weight is 346 g/mol. The van der Waals surface area contributed by atoms with Crippen molar-refractivity contribution in [1.82, 2.24) is 0 Å². The second-order valence-electron chi connectivity index (χ2n) is 4.81. The maximum atomic E-state index is 14.5. The summed E-state index contributed by atoms with van der Waals surface area (Å²) in [5.41, 5.74) is 6.14. The van der Waals surface area contributed by atoms with Gasteiger partial charge in [0.25, 0.3) is 0 Å². The van der Waals surface area contributed by atoms with E-state index < -0.39 is 5.82 Å². The summed E-state index contributed by atoms with van der Waals surface area (Å²) in [5, 5.41) is 16.6. The van der Waals surface area contributed by atoms with Crippen molar-refractivity contribution in [3.63, 3.8) is 0 Å². The molecule has 20 heavy (non-hydrogen) atoms. The number of nitrogens with zero attached hydrogens (tertiary/aromatic N) is 1. The monoisotopic (exact) mass is 345 g/mol. The Morgan fingerprint density at radius 3 is 2.95 bits per heavy atom. The number of nitrogens with two attached hydrogens (primary N) is 1. The Bertz CT molecular complexity index is 527. The van der Waals surface area contributed by atoms with Crippen LogP contribution in [0.4, 0.5) is 10.1 Å². The third-order valence-corrected chi connectivity index (χ3v) is 4.15. The third kappa shape index (κ3) is 2.79. The van der Waals surface area contributed by atoms with Gasteiger partial charge in [0, 0.05) is 18.2 Å². The van der Waals surface area contributed by atoms with E-state index in [1.165, 1.54) is 0 Å². The van der Waals surface area contributed by atoms with E-state index in [1.54, 1.807) is 12.1 Å². The van der Waals surface area contributed by atoms with Crippen molar-refractivity contribution in [2.75, 3.05) is 24.7 Å². The van der Waals surface area contributed by atoms with Gasteiger partial charge in [0.15, 0.2) is 5.82 Å². The minimum Gasteiger partial charge on any atom is -0.394 e. The molecule has 0 saturated carbocycles. The number of rotatable bonds is 3. The number of hydrogen-bond acceptors (Lipinski definition) is 4. The zero-order chi connectivity index (χ0) is 14.9. The van der Waals surface area contributed by atoms with Gasteiger partial charge in [0.05, 0.1) is 29.5 Å². The summed E-state index contributed by atoms with van der Waals surface area (Å²) in [4.78, 5) is 1.86. The molecule has 7 heteroatoms. The maximum Gasteiger partial charge on any atom is 0.161 e. The summed E-state index contributed by atoms with van der Waals surface area (Å²) in [6, 6.07) is 3.22. The van der Waals surface area contributed by atoms with Crippen molar-refractivity contribution < 1.29 is 14.2 Å². The Labute approximate surface area is 125 Å². The number of nitrogen functional groups attached to an aromatic ring is 1. The normalized spacial score (nSPS) is 22.9. The van der Waals surface area contributed by atoms with Gasteiger partial charge >= 0.3 is 0 Å². The Hall–Kier alpha value is -1.18. The fourth-order valence-electron chi connectivity index (χ4n) is 2.23. The van der Waals surface area contributed by atoms with E-state index in [-0.39, 0.29) is 29.1 Å². The molecule has 0 spiro atoms. The van der Waals surface area contributed by atoms with Crippen molar-refractivity contribution in [3.8, 4) is 0 Å². The highest BCUT2D eigenvalue weighted by Crippen LogP contribution is 2.31. The molecule has 0 bridgehead atoms. The van der Waals surface area contributed by atoms with Crippen LogP contribution in [-0.2, 0) is 4.74 Å². The van der Waals surface area contributed by atoms with Gasteiger partial charge < -0.3 is 20.5 Å². The number of ether oxygens (including phenoxy) is 1. The smallest absolute Gasteiger partial charge is 0.161 e. The maximum absolute atomic E-state index is 14.5. The Kier molecular flexibility index (Phi) is 4.62. The lowest BCUT2D eigenvalue weighted by Crippen LogP contribution is -2.50. The Morgan fingerprint density at radius 1 is 1.65 bits per heavy atom. The molecule has 0 radical (unpaired) electrons. The van der Waals surface area contributed by atoms with Crippen LogP contribution >= 0.6 is 15.9 Å². The second kappa shape index (κ2) is 6.07. The van der Waals surface area contributed by atoms with Crippen LogP contribution in [-0.4, -0.2) is 42.8 Å². The minimum absolute atomic E-state index is 0.00220. The van der Waals surface area contributed by atoms with E-state index in [1.807, 2.05) is 11.8 Å². The molecule has 1 aliphatic heterocycles. The van der Waals surface area contributed by atoms with Crippen LogP contribution in [0, 0.1) is 11.2 Å². The topological polar surface area (TPSA) is 82.6 Å². The first-order valence-electron chi connectivity index (χ1n) is 6.27. The molecule has 110 valence electrons. The van der Waals surface area contributed by atoms with Crippen molar-refractivity contribution in [2.45, 2.75) is 19.1 Å². The fraction of sp³-hybridized carbons (Fsp3) is 0.462. The van der Waals surface area contributed by atoms with Gasteiger partial charge in [0.1, 0.15) is 5.84 Å². The molecule has 2 atom stereocenters. The van der Waals surface area contributed by atoms with Gasteiger partial charge in [-0.05, 0) is 35.0 Å². The van der Waals surface area contributed by atoms with Gasteiger partial charge in [-0.2, -0.15) is 0 Å². The largest absolute Gasteiger partial charge is 0.394 e. The van der Waals surface area contributed by atoms with Crippen LogP contribution in [0.2, 0.25) is 0 Å². The molecule has 2 rings (SSSR count). The molecule has 1 saturated heterocycles. The van der Waals surface area contributed by atoms with E-state index in [0.29, 0.717) is 24.4 Å². The van der Waals surface area contributed by atoms with E-state index >= 15 is 0 Å². The van der Waals surface area contributed by atoms with Gasteiger partial charge in [-0.25, -0.2) is 4.39 Å². The number of aliphatic hydroxyl groups excluding tert-OH is 1. The van der Waals surface area contributed by atoms with Gasteiger partial charge in [-0.15, -0.1) is 0 Å². The van der Waals surface area contributed by atoms with Crippen LogP contribution in [0.1, 0.15) is 12.5 Å². The predicted octanol–water partition coefficient (Wildman–Crippen LogP) is 1.46. The molecular weight excluding hydrogens is 329 g/mol. The molecule has 1 heterocycles. The number of anilines is 1. The van der Waals surface area contributed by atoms with Gasteiger partial charge in [-0.1, -0.05) is 0 Å². The van der Waals surface area contributed by atoms with Crippen molar-refractivity contribution in [1.29, 1.82) is 5.41 Å². The number of nitrogens with one attached hydrogen (secondary N) is 1. The lowest BCUT2D eigenvalue weighted by atomic mass is 10.1. The first kappa shape index (κ1) is 15.2. The van der Waals surface area contributed by atoms with Crippen LogP contribution in [0.25, 0.3) is 0 Å². The summed E-state index contributed by atoms with van der Waals surface area (Å²) in [7, 11) is 0. The highest BCUT2D eigenvalue weighted by atomic mass is 79.9. The molecular formula is C13H17BrFN3O2. The first-order chi connectivity index (χ1) is 9.45. The van der Waals surface area contributed by atoms with E-state index in [2.05, 4.69) is 15.9 Å². The van der Waals surface area contributed by atoms with Crippen LogP contribution in [0.3, 0.4) is 0 Å². The van der Waals surface area contributed by atoms with Crippen LogP contribution < -0.4 is 10.6 Å². The van der Waals surface area contributed by atoms with E-state index in [0.717, 1.165) is 0 Å². The third-order valence-electron chi connectivity index (χ3n) is 3.37. The van der Waals surface area contributed by atoms with Crippen molar-refractivity contribution >= 4 is 27.5 Å². The molecule has 0 amide bonds. The highest BCUT2D eigenvalue weighted by Gasteiger charge is 2.28. The quantitative estimate of drug-likeness (QED) is 0.572. The Morgan fingerprint density at radius 2 is 2.35 bits per heavy atom. The molecule has 1 aliphatic rings. The SMILES string of the molecule is CC1COC(CO)CN1c1ccc(C(=N)N)c(Br)c1F. The van der Waals surface area contributed by atoms with E-state index in [4.69, 9.17) is 15.9 Å². The lowest BCUT2D eigenvalue weighted by molar-refractivity contribution is -0.0105. The lowest BCUT2D eigenvalue weighted by Gasteiger charge is -2.39. The highest BCUT2D eigenvalue weighted by molar-refractivity contribution is 9.10. The van der Waals surface area contributed by atoms with Crippen LogP contribution in [0.15, 0.2) is 16.6 Å². The number of benzene rings is 1. The second-order valence-corrected chi connectivity index (χ2v) is 5.61. The number of aliphatic hydroxyl groups is 1. The molecule has 5 nitrogen and oxygen atoms in total. The van der Waals surface area contributed by atoms with Gasteiger partial charge in [-0.3, -0.25) is 5.41 Å². The fourth-order valence-corrected chi connectivity index (χ4v) is 2.78. The summed E-state index contributed by atoms with van der Waals surface area (Å²) in [5.74, 6) is -0.645. The molecule has 2 unspecified atom stereocenters. The molecule has 1 aromatic carbocycles. The number of morpholine rings is 1. The molecule has 4 N–H and O–H groups in total. The minimum atomic E-state index is -0.455. The number of hydrogen-bond donors (Lipinski definition) is 3. The predicted molar refractivity (Wildman–Crippen MR) is 78.7 cm³/mol. The summed E-state index contributed by atoms with van der Waals surface area (Å²) in [6.45, 7) is 2.68. The molecule has 1 fully saturated rings. The molecule has 0 aliphatic carbocycles. The van der Waals surface area contributed by atoms with Gasteiger partial charge in [0.2, 0.25) is 0 Å². The first-order valence-corrected chi connectivity index (χ1v) is 7.06. The summed E-state index contributed by atoms with van der Waals surface area (Å²) >= 11 is 3.15. The zero-order valence-electron chi connectivity index (χ0n) is 11.1. The number of amidine groups is 1. The van der Waals surface area contributed by atoms with E-state index in [9.17, 15) is 9.50 Å². The Balaban J connectivity index is 2.37. The number of halogens is 2. The van der Waals surface area contributed by atoms with Crippen LogP contribution in [0.5, 0.6) is 0 Å². The zero-order valence-corrected chi connectivity index (χ0v) is 12.7. The standard InChI is InChI=1S/C13H17BrFN3O2/c1-7-6-20-8(5-19)4-18(7)10-3-2-9(13(16)17)11(14)12(10)15/h2-3,7-8,19H,4-6H2,1H3,(H3,16,17). The molecule has 1 aromatic rings. The summed E-state index contributed by atoms with van der Waals surface area (Å²) < 4.78 is 20.1. The summed E-state index contributed by atoms with van der Waals surface area (Å²) in [6.07, 6.45) is -0.322.